The zero-order valence-electron chi connectivity index (χ0n) is 11.5. The van der Waals surface area contributed by atoms with Gasteiger partial charge in [-0.2, -0.15) is 0 Å². The fourth-order valence-electron chi connectivity index (χ4n) is 2.44. The molecular formula is C14H18Cl2N2O2. The van der Waals surface area contributed by atoms with Crippen LogP contribution in [0.3, 0.4) is 0 Å². The quantitative estimate of drug-likeness (QED) is 0.853. The third-order valence-electron chi connectivity index (χ3n) is 3.78. The fourth-order valence-corrected chi connectivity index (χ4v) is 2.78. The Morgan fingerprint density at radius 1 is 1.45 bits per heavy atom. The highest BCUT2D eigenvalue weighted by molar-refractivity contribution is 6.43. The van der Waals surface area contributed by atoms with Crippen molar-refractivity contribution >= 4 is 34.8 Å². The normalized spacial score (nSPS) is 22.9. The maximum absolute atomic E-state index is 12.5. The van der Waals surface area contributed by atoms with Crippen molar-refractivity contribution in [1.82, 2.24) is 4.90 Å². The van der Waals surface area contributed by atoms with Crippen LogP contribution in [0.2, 0.25) is 10.0 Å². The number of ether oxygens (including phenoxy) is 1. The fraction of sp³-hybridized carbons (Fsp3) is 0.500. The van der Waals surface area contributed by atoms with Gasteiger partial charge in [0.05, 0.1) is 21.8 Å². The van der Waals surface area contributed by atoms with Crippen molar-refractivity contribution in [3.8, 4) is 0 Å². The van der Waals surface area contributed by atoms with Gasteiger partial charge in [-0.1, -0.05) is 30.1 Å². The van der Waals surface area contributed by atoms with Gasteiger partial charge in [-0.3, -0.25) is 4.79 Å². The lowest BCUT2D eigenvalue weighted by Crippen LogP contribution is -2.46. The summed E-state index contributed by atoms with van der Waals surface area (Å²) in [5, 5.41) is 0.578. The largest absolute Gasteiger partial charge is 0.397 e. The first-order valence-corrected chi connectivity index (χ1v) is 7.26. The molecule has 4 nitrogen and oxygen atoms in total. The van der Waals surface area contributed by atoms with Gasteiger partial charge in [0.2, 0.25) is 0 Å². The number of likely N-dealkylation sites (tertiary alicyclic amines) is 1. The lowest BCUT2D eigenvalue weighted by molar-refractivity contribution is -0.00156. The number of carbonyl (C=O) groups is 1. The predicted molar refractivity (Wildman–Crippen MR) is 81.4 cm³/mol. The first-order chi connectivity index (χ1) is 9.43. The molecule has 6 heteroatoms. The van der Waals surface area contributed by atoms with Crippen LogP contribution in [0.1, 0.15) is 23.7 Å². The Morgan fingerprint density at radius 3 is 2.75 bits per heavy atom. The minimum atomic E-state index is -0.0933. The Hall–Kier alpha value is -0.970. The Balaban J connectivity index is 2.19. The monoisotopic (exact) mass is 316 g/mol. The SMILES string of the molecule is COC1CN(C(=O)c2cc(N)c(Cl)c(Cl)c2)CCC1C. The molecule has 1 heterocycles. The standard InChI is InChI=1S/C14H18Cl2N2O2/c1-8-3-4-18(7-12(8)20-2)14(19)9-5-10(15)13(16)11(17)6-9/h5-6,8,12H,3-4,7,17H2,1-2H3. The smallest absolute Gasteiger partial charge is 0.254 e. The highest BCUT2D eigenvalue weighted by Crippen LogP contribution is 2.30. The zero-order valence-corrected chi connectivity index (χ0v) is 13.0. The van der Waals surface area contributed by atoms with Crippen molar-refractivity contribution in [1.29, 1.82) is 0 Å². The lowest BCUT2D eigenvalue weighted by Gasteiger charge is -2.36. The number of benzene rings is 1. The number of methoxy groups -OCH3 is 1. The van der Waals surface area contributed by atoms with E-state index in [1.807, 2.05) is 0 Å². The van der Waals surface area contributed by atoms with Crippen LogP contribution in [0.5, 0.6) is 0 Å². The Kier molecular flexibility index (Phi) is 4.78. The second-order valence-corrected chi connectivity index (χ2v) is 5.94. The second-order valence-electron chi connectivity index (χ2n) is 5.15. The molecule has 2 unspecified atom stereocenters. The van der Waals surface area contributed by atoms with Gasteiger partial charge in [0, 0.05) is 25.8 Å². The minimum Gasteiger partial charge on any atom is -0.397 e. The van der Waals surface area contributed by atoms with Crippen LogP contribution < -0.4 is 5.73 Å². The molecule has 2 rings (SSSR count). The molecule has 0 radical (unpaired) electrons. The Bertz CT molecular complexity index is 499. The third-order valence-corrected chi connectivity index (χ3v) is 4.60. The number of anilines is 1. The molecule has 1 aromatic carbocycles. The summed E-state index contributed by atoms with van der Waals surface area (Å²) >= 11 is 11.9. The number of carbonyl (C=O) groups excluding carboxylic acids is 1. The highest BCUT2D eigenvalue weighted by atomic mass is 35.5. The molecule has 1 fully saturated rings. The number of hydrogen-bond donors (Lipinski definition) is 1. The van der Waals surface area contributed by atoms with Gasteiger partial charge in [0.15, 0.2) is 0 Å². The van der Waals surface area contributed by atoms with Crippen LogP contribution in [-0.2, 0) is 4.74 Å². The maximum atomic E-state index is 12.5. The summed E-state index contributed by atoms with van der Waals surface area (Å²) in [6.07, 6.45) is 0.981. The van der Waals surface area contributed by atoms with Crippen molar-refractivity contribution in [3.63, 3.8) is 0 Å². The summed E-state index contributed by atoms with van der Waals surface area (Å²) in [5.74, 6) is 0.354. The lowest BCUT2D eigenvalue weighted by atomic mass is 9.95. The molecule has 0 aliphatic carbocycles. The molecule has 0 aromatic heterocycles. The zero-order chi connectivity index (χ0) is 14.9. The van der Waals surface area contributed by atoms with E-state index < -0.39 is 0 Å². The molecule has 1 aliphatic rings. The molecule has 0 spiro atoms. The average Bonchev–Trinajstić information content (AvgIpc) is 2.44. The second kappa shape index (κ2) is 6.20. The first kappa shape index (κ1) is 15.4. The van der Waals surface area contributed by atoms with Gasteiger partial charge in [-0.15, -0.1) is 0 Å². The van der Waals surface area contributed by atoms with E-state index in [1.165, 1.54) is 0 Å². The molecule has 1 amide bonds. The Labute approximate surface area is 128 Å². The van der Waals surface area contributed by atoms with Crippen molar-refractivity contribution in [3.05, 3.63) is 27.7 Å². The topological polar surface area (TPSA) is 55.6 Å². The summed E-state index contributed by atoms with van der Waals surface area (Å²) in [6, 6.07) is 3.12. The van der Waals surface area contributed by atoms with Gasteiger partial charge in [-0.25, -0.2) is 0 Å². The summed E-state index contributed by atoms with van der Waals surface area (Å²) in [7, 11) is 1.67. The van der Waals surface area contributed by atoms with E-state index >= 15 is 0 Å². The highest BCUT2D eigenvalue weighted by Gasteiger charge is 2.29. The van der Waals surface area contributed by atoms with Gasteiger partial charge in [0.25, 0.3) is 5.91 Å². The molecule has 1 aromatic rings. The van der Waals surface area contributed by atoms with Gasteiger partial charge in [0.1, 0.15) is 0 Å². The molecule has 0 saturated carbocycles. The molecule has 2 N–H and O–H groups in total. The summed E-state index contributed by atoms with van der Waals surface area (Å²) in [4.78, 5) is 14.3. The summed E-state index contributed by atoms with van der Waals surface area (Å²) in [6.45, 7) is 3.42. The summed E-state index contributed by atoms with van der Waals surface area (Å²) in [5.41, 5.74) is 6.53. The molecule has 0 bridgehead atoms. The Morgan fingerprint density at radius 2 is 2.15 bits per heavy atom. The van der Waals surface area contributed by atoms with Crippen LogP contribution in [0, 0.1) is 5.92 Å². The minimum absolute atomic E-state index is 0.0628. The number of nitrogen functional groups attached to an aromatic ring is 1. The summed E-state index contributed by atoms with van der Waals surface area (Å²) < 4.78 is 5.42. The van der Waals surface area contributed by atoms with Crippen molar-refractivity contribution < 1.29 is 9.53 Å². The van der Waals surface area contributed by atoms with Crippen LogP contribution in [0.15, 0.2) is 12.1 Å². The van der Waals surface area contributed by atoms with Crippen LogP contribution >= 0.6 is 23.2 Å². The van der Waals surface area contributed by atoms with E-state index in [0.29, 0.717) is 35.3 Å². The number of nitrogens with zero attached hydrogens (tertiary/aromatic N) is 1. The van der Waals surface area contributed by atoms with E-state index in [1.54, 1.807) is 24.1 Å². The number of rotatable bonds is 2. The maximum Gasteiger partial charge on any atom is 0.254 e. The third kappa shape index (κ3) is 3.03. The van der Waals surface area contributed by atoms with E-state index in [4.69, 9.17) is 33.7 Å². The first-order valence-electron chi connectivity index (χ1n) is 6.50. The van der Waals surface area contributed by atoms with Crippen LogP contribution in [0.4, 0.5) is 5.69 Å². The number of piperidine rings is 1. The van der Waals surface area contributed by atoms with E-state index in [2.05, 4.69) is 6.92 Å². The average molecular weight is 317 g/mol. The molecule has 20 heavy (non-hydrogen) atoms. The van der Waals surface area contributed by atoms with Crippen LogP contribution in [0.25, 0.3) is 0 Å². The van der Waals surface area contributed by atoms with Crippen molar-refractivity contribution in [2.45, 2.75) is 19.4 Å². The molecular weight excluding hydrogens is 299 g/mol. The molecule has 1 aliphatic heterocycles. The van der Waals surface area contributed by atoms with Crippen molar-refractivity contribution in [2.24, 2.45) is 5.92 Å². The number of hydrogen-bond acceptors (Lipinski definition) is 3. The van der Waals surface area contributed by atoms with Gasteiger partial charge < -0.3 is 15.4 Å². The predicted octanol–water partition coefficient (Wildman–Crippen LogP) is 3.07. The molecule has 2 atom stereocenters. The molecule has 110 valence electrons. The molecule has 1 saturated heterocycles. The van der Waals surface area contributed by atoms with Crippen LogP contribution in [-0.4, -0.2) is 37.1 Å². The van der Waals surface area contributed by atoms with E-state index in [0.717, 1.165) is 6.42 Å². The van der Waals surface area contributed by atoms with Gasteiger partial charge >= 0.3 is 0 Å². The van der Waals surface area contributed by atoms with Gasteiger partial charge in [-0.05, 0) is 24.5 Å². The number of nitrogens with two attached hydrogens (primary N) is 1. The van der Waals surface area contributed by atoms with Crippen molar-refractivity contribution in [2.75, 3.05) is 25.9 Å². The van der Waals surface area contributed by atoms with E-state index in [-0.39, 0.29) is 17.0 Å². The van der Waals surface area contributed by atoms with E-state index in [9.17, 15) is 4.79 Å². The number of halogens is 2. The number of amides is 1.